The van der Waals surface area contributed by atoms with Crippen LogP contribution < -0.4 is 10.6 Å². The molecule has 0 radical (unpaired) electrons. The first-order valence-electron chi connectivity index (χ1n) is 8.89. The molecule has 1 saturated carbocycles. The van der Waals surface area contributed by atoms with E-state index in [1.54, 1.807) is 23.9 Å². The number of benzene rings is 1. The van der Waals surface area contributed by atoms with Crippen molar-refractivity contribution in [2.75, 3.05) is 20.1 Å². The number of nitrogens with one attached hydrogen (secondary N) is 2. The highest BCUT2D eigenvalue weighted by Gasteiger charge is 2.54. The van der Waals surface area contributed by atoms with Crippen molar-refractivity contribution in [2.45, 2.75) is 24.9 Å². The number of aliphatic hydroxyl groups is 1. The second-order valence-electron chi connectivity index (χ2n) is 7.31. The standard InChI is InChI=1S/C20H25N3OS.HI/c1-20(24,17-8-5-9-25-17)12-23-19(21-2)22-11-16-15-10-13-6-3-4-7-14(13)18(15)16;/h3-9,15-16,18,24H,10-12H2,1-2H3,(H2,21,22,23);1H. The molecule has 140 valence electrons. The lowest BCUT2D eigenvalue weighted by Crippen LogP contribution is -2.45. The van der Waals surface area contributed by atoms with E-state index in [9.17, 15) is 5.11 Å². The molecule has 1 heterocycles. The number of hydrogen-bond donors (Lipinski definition) is 3. The number of guanidine groups is 1. The Hall–Kier alpha value is -1.12. The van der Waals surface area contributed by atoms with E-state index in [-0.39, 0.29) is 24.0 Å². The molecule has 0 bridgehead atoms. The van der Waals surface area contributed by atoms with Crippen molar-refractivity contribution in [3.8, 4) is 0 Å². The average molecular weight is 483 g/mol. The zero-order chi connectivity index (χ0) is 17.4. The van der Waals surface area contributed by atoms with Gasteiger partial charge in [-0.2, -0.15) is 0 Å². The van der Waals surface area contributed by atoms with Gasteiger partial charge in [-0.05, 0) is 53.7 Å². The van der Waals surface area contributed by atoms with Gasteiger partial charge in [-0.1, -0.05) is 30.3 Å². The number of thiophene rings is 1. The van der Waals surface area contributed by atoms with Gasteiger partial charge in [-0.15, -0.1) is 35.3 Å². The van der Waals surface area contributed by atoms with Crippen molar-refractivity contribution in [3.63, 3.8) is 0 Å². The van der Waals surface area contributed by atoms with Crippen LogP contribution in [0.5, 0.6) is 0 Å². The van der Waals surface area contributed by atoms with Gasteiger partial charge >= 0.3 is 0 Å². The predicted molar refractivity (Wildman–Crippen MR) is 119 cm³/mol. The molecule has 2 aliphatic rings. The molecule has 2 aliphatic carbocycles. The van der Waals surface area contributed by atoms with Crippen LogP contribution in [-0.4, -0.2) is 31.2 Å². The third-order valence-corrected chi connectivity index (χ3v) is 6.71. The summed E-state index contributed by atoms with van der Waals surface area (Å²) in [5.41, 5.74) is 2.19. The third-order valence-electron chi connectivity index (χ3n) is 5.58. The number of hydrogen-bond acceptors (Lipinski definition) is 3. The first-order valence-corrected chi connectivity index (χ1v) is 9.77. The van der Waals surface area contributed by atoms with Crippen LogP contribution >= 0.6 is 35.3 Å². The number of rotatable bonds is 5. The number of halogens is 1. The van der Waals surface area contributed by atoms with Crippen molar-refractivity contribution in [1.82, 2.24) is 10.6 Å². The molecule has 1 aromatic heterocycles. The van der Waals surface area contributed by atoms with E-state index in [0.29, 0.717) is 12.5 Å². The van der Waals surface area contributed by atoms with Gasteiger partial charge in [0.05, 0.1) is 6.54 Å². The van der Waals surface area contributed by atoms with Crippen LogP contribution in [0, 0.1) is 11.8 Å². The molecular formula is C20H26IN3OS. The zero-order valence-corrected chi connectivity index (χ0v) is 18.3. The molecule has 6 heteroatoms. The average Bonchev–Trinajstić information content (AvgIpc) is 3.01. The Labute approximate surface area is 176 Å². The molecule has 3 N–H and O–H groups in total. The Bertz CT molecular complexity index is 775. The second-order valence-corrected chi connectivity index (χ2v) is 8.26. The van der Waals surface area contributed by atoms with Gasteiger partial charge in [0.2, 0.25) is 0 Å². The van der Waals surface area contributed by atoms with Crippen molar-refractivity contribution < 1.29 is 5.11 Å². The largest absolute Gasteiger partial charge is 0.383 e. The monoisotopic (exact) mass is 483 g/mol. The SMILES string of the molecule is CN=C(NCC1C2Cc3ccccc3C12)NCC(C)(O)c1cccs1.I. The zero-order valence-electron chi connectivity index (χ0n) is 15.1. The highest BCUT2D eigenvalue weighted by atomic mass is 127. The van der Waals surface area contributed by atoms with Crippen LogP contribution in [0.15, 0.2) is 46.8 Å². The van der Waals surface area contributed by atoms with Crippen molar-refractivity contribution in [1.29, 1.82) is 0 Å². The Morgan fingerprint density at radius 1 is 1.27 bits per heavy atom. The molecule has 0 spiro atoms. The molecule has 0 aliphatic heterocycles. The maximum Gasteiger partial charge on any atom is 0.191 e. The van der Waals surface area contributed by atoms with E-state index in [1.165, 1.54) is 12.0 Å². The van der Waals surface area contributed by atoms with E-state index in [1.807, 2.05) is 24.4 Å². The molecule has 0 saturated heterocycles. The second kappa shape index (κ2) is 7.86. The van der Waals surface area contributed by atoms with Gasteiger partial charge in [0.25, 0.3) is 0 Å². The first-order chi connectivity index (χ1) is 12.1. The molecule has 4 atom stereocenters. The number of aliphatic imine (C=N–C) groups is 1. The summed E-state index contributed by atoms with van der Waals surface area (Å²) in [5.74, 6) is 2.97. The van der Waals surface area contributed by atoms with Gasteiger partial charge < -0.3 is 15.7 Å². The van der Waals surface area contributed by atoms with Crippen molar-refractivity contribution >= 4 is 41.3 Å². The molecular weight excluding hydrogens is 457 g/mol. The fourth-order valence-electron chi connectivity index (χ4n) is 4.13. The van der Waals surface area contributed by atoms with Crippen LogP contribution in [0.3, 0.4) is 0 Å². The Morgan fingerprint density at radius 2 is 2.08 bits per heavy atom. The summed E-state index contributed by atoms with van der Waals surface area (Å²) in [6.07, 6.45) is 1.21. The van der Waals surface area contributed by atoms with Crippen molar-refractivity contribution in [3.05, 3.63) is 57.8 Å². The summed E-state index contributed by atoms with van der Waals surface area (Å²) in [6, 6.07) is 12.8. The minimum Gasteiger partial charge on any atom is -0.383 e. The molecule has 1 fully saturated rings. The van der Waals surface area contributed by atoms with E-state index < -0.39 is 5.60 Å². The van der Waals surface area contributed by atoms with E-state index in [4.69, 9.17) is 0 Å². The van der Waals surface area contributed by atoms with Gasteiger partial charge in [0.15, 0.2) is 5.96 Å². The lowest BCUT2D eigenvalue weighted by Gasteiger charge is -2.24. The van der Waals surface area contributed by atoms with Crippen LogP contribution in [0.1, 0.15) is 28.8 Å². The Kier molecular flexibility index (Phi) is 5.94. The van der Waals surface area contributed by atoms with E-state index in [0.717, 1.165) is 29.2 Å². The van der Waals surface area contributed by atoms with Crippen molar-refractivity contribution in [2.24, 2.45) is 16.8 Å². The normalized spacial score (nSPS) is 25.5. The van der Waals surface area contributed by atoms with Gasteiger partial charge in [0.1, 0.15) is 5.60 Å². The van der Waals surface area contributed by atoms with Gasteiger partial charge in [-0.3, -0.25) is 4.99 Å². The highest BCUT2D eigenvalue weighted by molar-refractivity contribution is 14.0. The summed E-state index contributed by atoms with van der Waals surface area (Å²) in [4.78, 5) is 5.26. The summed E-state index contributed by atoms with van der Waals surface area (Å²) < 4.78 is 0. The smallest absolute Gasteiger partial charge is 0.191 e. The number of nitrogens with zero attached hydrogens (tertiary/aromatic N) is 1. The third kappa shape index (κ3) is 3.77. The molecule has 4 rings (SSSR count). The maximum absolute atomic E-state index is 10.6. The van der Waals surface area contributed by atoms with Crippen LogP contribution in [0.2, 0.25) is 0 Å². The summed E-state index contributed by atoms with van der Waals surface area (Å²) in [6.45, 7) is 3.21. The molecule has 26 heavy (non-hydrogen) atoms. The van der Waals surface area contributed by atoms with E-state index in [2.05, 4.69) is 39.9 Å². The molecule has 1 aromatic carbocycles. The predicted octanol–water partition coefficient (Wildman–Crippen LogP) is 3.32. The van der Waals surface area contributed by atoms with Gasteiger partial charge in [-0.25, -0.2) is 0 Å². The minimum atomic E-state index is -0.888. The summed E-state index contributed by atoms with van der Waals surface area (Å²) in [7, 11) is 1.78. The van der Waals surface area contributed by atoms with E-state index >= 15 is 0 Å². The molecule has 0 amide bonds. The Balaban J connectivity index is 0.00000196. The summed E-state index contributed by atoms with van der Waals surface area (Å²) in [5, 5.41) is 19.3. The fourth-order valence-corrected chi connectivity index (χ4v) is 4.91. The fraction of sp³-hybridized carbons (Fsp3) is 0.450. The lowest BCUT2D eigenvalue weighted by molar-refractivity contribution is 0.0655. The van der Waals surface area contributed by atoms with Gasteiger partial charge in [0, 0.05) is 18.5 Å². The molecule has 4 nitrogen and oxygen atoms in total. The van der Waals surface area contributed by atoms with Crippen LogP contribution in [-0.2, 0) is 12.0 Å². The topological polar surface area (TPSA) is 56.7 Å². The quantitative estimate of drug-likeness (QED) is 0.348. The highest BCUT2D eigenvalue weighted by Crippen LogP contribution is 2.60. The molecule has 4 unspecified atom stereocenters. The Morgan fingerprint density at radius 3 is 2.81 bits per heavy atom. The number of fused-ring (bicyclic) bond motifs is 3. The van der Waals surface area contributed by atoms with Crippen LogP contribution in [0.4, 0.5) is 0 Å². The lowest BCUT2D eigenvalue weighted by atomic mass is 10.0. The van der Waals surface area contributed by atoms with Crippen LogP contribution in [0.25, 0.3) is 0 Å². The first kappa shape index (κ1) is 19.6. The summed E-state index contributed by atoms with van der Waals surface area (Å²) >= 11 is 1.57. The minimum absolute atomic E-state index is 0. The molecule has 2 aromatic rings. The maximum atomic E-state index is 10.6.